The molecular formula is C16H18N2O3. The van der Waals surface area contributed by atoms with Crippen LogP contribution in [-0.4, -0.2) is 24.9 Å². The molecule has 0 radical (unpaired) electrons. The molecule has 0 unspecified atom stereocenters. The first-order valence-electron chi connectivity index (χ1n) is 6.80. The van der Waals surface area contributed by atoms with Crippen LogP contribution < -0.4 is 10.6 Å². The highest BCUT2D eigenvalue weighted by molar-refractivity contribution is 5.94. The zero-order valence-electron chi connectivity index (χ0n) is 11.8. The largest absolute Gasteiger partial charge is 0.459 e. The second-order valence-electron chi connectivity index (χ2n) is 4.78. The van der Waals surface area contributed by atoms with E-state index in [0.29, 0.717) is 6.54 Å². The van der Waals surface area contributed by atoms with Gasteiger partial charge in [-0.2, -0.15) is 0 Å². The summed E-state index contributed by atoms with van der Waals surface area (Å²) in [7, 11) is 0. The van der Waals surface area contributed by atoms with Gasteiger partial charge in [-0.1, -0.05) is 37.3 Å². The summed E-state index contributed by atoms with van der Waals surface area (Å²) in [6.45, 7) is 2.50. The van der Waals surface area contributed by atoms with Crippen LogP contribution in [-0.2, 0) is 4.79 Å². The van der Waals surface area contributed by atoms with Crippen LogP contribution in [0.1, 0.15) is 29.0 Å². The van der Waals surface area contributed by atoms with Crippen LogP contribution in [0.2, 0.25) is 0 Å². The highest BCUT2D eigenvalue weighted by Gasteiger charge is 2.11. The van der Waals surface area contributed by atoms with Gasteiger partial charge in [0.2, 0.25) is 5.91 Å². The third kappa shape index (κ3) is 4.49. The Bertz CT molecular complexity index is 579. The Morgan fingerprint density at radius 2 is 1.86 bits per heavy atom. The minimum absolute atomic E-state index is 0.0684. The van der Waals surface area contributed by atoms with E-state index in [2.05, 4.69) is 10.6 Å². The monoisotopic (exact) mass is 286 g/mol. The second kappa shape index (κ2) is 7.28. The van der Waals surface area contributed by atoms with Crippen molar-refractivity contribution in [3.8, 4) is 0 Å². The summed E-state index contributed by atoms with van der Waals surface area (Å²) in [4.78, 5) is 23.3. The quantitative estimate of drug-likeness (QED) is 0.852. The molecule has 1 aromatic carbocycles. The van der Waals surface area contributed by atoms with Gasteiger partial charge in [0.25, 0.3) is 5.91 Å². The van der Waals surface area contributed by atoms with E-state index in [1.165, 1.54) is 6.26 Å². The molecule has 1 aromatic heterocycles. The molecule has 0 aliphatic heterocycles. The summed E-state index contributed by atoms with van der Waals surface area (Å²) >= 11 is 0. The Kier molecular flexibility index (Phi) is 5.15. The smallest absolute Gasteiger partial charge is 0.287 e. The number of hydrogen-bond acceptors (Lipinski definition) is 3. The number of amides is 2. The van der Waals surface area contributed by atoms with Crippen molar-refractivity contribution in [2.24, 2.45) is 0 Å². The van der Waals surface area contributed by atoms with E-state index >= 15 is 0 Å². The zero-order chi connectivity index (χ0) is 15.1. The lowest BCUT2D eigenvalue weighted by Crippen LogP contribution is -2.38. The van der Waals surface area contributed by atoms with Gasteiger partial charge >= 0.3 is 0 Å². The van der Waals surface area contributed by atoms with Crippen LogP contribution in [0.15, 0.2) is 53.1 Å². The number of furan rings is 1. The lowest BCUT2D eigenvalue weighted by atomic mass is 10.0. The van der Waals surface area contributed by atoms with Crippen molar-refractivity contribution in [2.75, 3.05) is 13.1 Å². The number of nitrogens with one attached hydrogen (secondary N) is 2. The van der Waals surface area contributed by atoms with Crippen molar-refractivity contribution in [1.82, 2.24) is 10.6 Å². The Morgan fingerprint density at radius 3 is 2.52 bits per heavy atom. The van der Waals surface area contributed by atoms with Crippen LogP contribution in [0.25, 0.3) is 0 Å². The fourth-order valence-electron chi connectivity index (χ4n) is 1.88. The van der Waals surface area contributed by atoms with Crippen molar-refractivity contribution < 1.29 is 14.0 Å². The molecule has 0 fully saturated rings. The van der Waals surface area contributed by atoms with Gasteiger partial charge < -0.3 is 15.1 Å². The molecule has 2 rings (SSSR count). The SMILES string of the molecule is C[C@@H](CNC(=O)CNC(=O)c1ccco1)c1ccccc1. The molecule has 2 amide bonds. The molecule has 2 aromatic rings. The molecule has 2 N–H and O–H groups in total. The number of benzene rings is 1. The highest BCUT2D eigenvalue weighted by atomic mass is 16.3. The van der Waals surface area contributed by atoms with Crippen molar-refractivity contribution in [3.05, 3.63) is 60.1 Å². The topological polar surface area (TPSA) is 71.3 Å². The molecule has 0 spiro atoms. The average Bonchev–Trinajstić information content (AvgIpc) is 3.05. The normalized spacial score (nSPS) is 11.7. The van der Waals surface area contributed by atoms with Gasteiger partial charge in [0.05, 0.1) is 12.8 Å². The van der Waals surface area contributed by atoms with Gasteiger partial charge in [-0.15, -0.1) is 0 Å². The van der Waals surface area contributed by atoms with Crippen molar-refractivity contribution in [1.29, 1.82) is 0 Å². The summed E-state index contributed by atoms with van der Waals surface area (Å²) in [5.41, 5.74) is 1.16. The molecule has 5 nitrogen and oxygen atoms in total. The number of carbonyl (C=O) groups excluding carboxylic acids is 2. The van der Waals surface area contributed by atoms with Crippen LogP contribution in [0, 0.1) is 0 Å². The van der Waals surface area contributed by atoms with Crippen molar-refractivity contribution in [2.45, 2.75) is 12.8 Å². The van der Waals surface area contributed by atoms with Crippen LogP contribution in [0.5, 0.6) is 0 Å². The zero-order valence-corrected chi connectivity index (χ0v) is 11.8. The molecule has 0 bridgehead atoms. The molecule has 0 aliphatic carbocycles. The Balaban J connectivity index is 1.71. The summed E-state index contributed by atoms with van der Waals surface area (Å²) in [6.07, 6.45) is 1.41. The lowest BCUT2D eigenvalue weighted by Gasteiger charge is -2.13. The first kappa shape index (κ1) is 14.8. The Morgan fingerprint density at radius 1 is 1.10 bits per heavy atom. The summed E-state index contributed by atoms with van der Waals surface area (Å²) < 4.78 is 4.94. The number of carbonyl (C=O) groups is 2. The summed E-state index contributed by atoms with van der Waals surface area (Å²) in [5, 5.41) is 5.30. The maximum atomic E-state index is 11.7. The standard InChI is InChI=1S/C16H18N2O3/c1-12(13-6-3-2-4-7-13)10-17-15(19)11-18-16(20)14-8-5-9-21-14/h2-9,12H,10-11H2,1H3,(H,17,19)(H,18,20)/t12-/m0/s1. The third-order valence-corrected chi connectivity index (χ3v) is 3.13. The average molecular weight is 286 g/mol. The van der Waals surface area contributed by atoms with Crippen LogP contribution in [0.3, 0.4) is 0 Å². The molecule has 0 aliphatic rings. The van der Waals surface area contributed by atoms with Gasteiger partial charge in [-0.25, -0.2) is 0 Å². The molecule has 110 valence electrons. The number of rotatable bonds is 6. The predicted octanol–water partition coefficient (Wildman–Crippen LogP) is 1.93. The molecule has 1 heterocycles. The predicted molar refractivity (Wildman–Crippen MR) is 78.9 cm³/mol. The highest BCUT2D eigenvalue weighted by Crippen LogP contribution is 2.12. The van der Waals surface area contributed by atoms with Gasteiger partial charge in [0.1, 0.15) is 0 Å². The van der Waals surface area contributed by atoms with E-state index < -0.39 is 5.91 Å². The minimum atomic E-state index is -0.397. The lowest BCUT2D eigenvalue weighted by molar-refractivity contribution is -0.120. The number of hydrogen-bond donors (Lipinski definition) is 2. The van der Waals surface area contributed by atoms with E-state index in [1.807, 2.05) is 37.3 Å². The van der Waals surface area contributed by atoms with Gasteiger partial charge in [-0.3, -0.25) is 9.59 Å². The Hall–Kier alpha value is -2.56. The van der Waals surface area contributed by atoms with E-state index in [0.717, 1.165) is 5.56 Å². The van der Waals surface area contributed by atoms with Crippen molar-refractivity contribution >= 4 is 11.8 Å². The first-order valence-corrected chi connectivity index (χ1v) is 6.80. The van der Waals surface area contributed by atoms with E-state index in [9.17, 15) is 9.59 Å². The van der Waals surface area contributed by atoms with Crippen LogP contribution >= 0.6 is 0 Å². The fourth-order valence-corrected chi connectivity index (χ4v) is 1.88. The molecule has 0 saturated carbocycles. The third-order valence-electron chi connectivity index (χ3n) is 3.13. The van der Waals surface area contributed by atoms with Gasteiger partial charge in [-0.05, 0) is 23.6 Å². The molecule has 21 heavy (non-hydrogen) atoms. The van der Waals surface area contributed by atoms with E-state index in [-0.39, 0.29) is 24.1 Å². The van der Waals surface area contributed by atoms with Crippen LogP contribution in [0.4, 0.5) is 0 Å². The summed E-state index contributed by atoms with van der Waals surface area (Å²) in [6, 6.07) is 13.1. The molecule has 5 heteroatoms. The molecule has 1 atom stereocenters. The maximum absolute atomic E-state index is 11.7. The fraction of sp³-hybridized carbons (Fsp3) is 0.250. The summed E-state index contributed by atoms with van der Waals surface area (Å²) in [5.74, 6) is -0.208. The van der Waals surface area contributed by atoms with E-state index in [4.69, 9.17) is 4.42 Å². The molecule has 0 saturated heterocycles. The van der Waals surface area contributed by atoms with E-state index in [1.54, 1.807) is 12.1 Å². The van der Waals surface area contributed by atoms with Crippen molar-refractivity contribution in [3.63, 3.8) is 0 Å². The first-order chi connectivity index (χ1) is 10.2. The Labute approximate surface area is 123 Å². The van der Waals surface area contributed by atoms with Gasteiger partial charge in [0, 0.05) is 6.54 Å². The minimum Gasteiger partial charge on any atom is -0.459 e. The maximum Gasteiger partial charge on any atom is 0.287 e. The second-order valence-corrected chi connectivity index (χ2v) is 4.78. The molecular weight excluding hydrogens is 268 g/mol. The van der Waals surface area contributed by atoms with Gasteiger partial charge in [0.15, 0.2) is 5.76 Å².